The topological polar surface area (TPSA) is 69.2 Å². The first-order chi connectivity index (χ1) is 9.91. The number of hydrogen-bond donors (Lipinski definition) is 1. The van der Waals surface area contributed by atoms with Crippen LogP contribution in [-0.4, -0.2) is 34.7 Å². The Labute approximate surface area is 126 Å². The maximum atomic E-state index is 6.01. The summed E-state index contributed by atoms with van der Waals surface area (Å²) in [5.74, 6) is 1.11. The van der Waals surface area contributed by atoms with Gasteiger partial charge in [-0.25, -0.2) is 0 Å². The van der Waals surface area contributed by atoms with Crippen molar-refractivity contribution in [3.05, 3.63) is 0 Å². The van der Waals surface area contributed by atoms with E-state index in [4.69, 9.17) is 9.47 Å². The van der Waals surface area contributed by atoms with E-state index in [1.807, 2.05) is 6.92 Å². The van der Waals surface area contributed by atoms with Crippen molar-refractivity contribution in [2.75, 3.05) is 19.0 Å². The number of hydrogen-bond acceptors (Lipinski definition) is 6. The number of anilines is 1. The molecule has 118 valence electrons. The van der Waals surface area contributed by atoms with Gasteiger partial charge in [-0.2, -0.15) is 9.97 Å². The fourth-order valence-corrected chi connectivity index (χ4v) is 3.19. The second kappa shape index (κ2) is 6.45. The van der Waals surface area contributed by atoms with Gasteiger partial charge in [0.2, 0.25) is 5.95 Å². The molecule has 1 aromatic heterocycles. The summed E-state index contributed by atoms with van der Waals surface area (Å²) >= 11 is 0. The van der Waals surface area contributed by atoms with Crippen LogP contribution < -0.4 is 14.8 Å². The summed E-state index contributed by atoms with van der Waals surface area (Å²) in [5.41, 5.74) is 0.296. The third-order valence-corrected chi connectivity index (χ3v) is 3.71. The molecule has 21 heavy (non-hydrogen) atoms. The lowest BCUT2D eigenvalue weighted by molar-refractivity contribution is 0.0493. The molecule has 2 unspecified atom stereocenters. The van der Waals surface area contributed by atoms with Gasteiger partial charge in [0.1, 0.15) is 6.10 Å². The first-order valence-electron chi connectivity index (χ1n) is 7.65. The summed E-state index contributed by atoms with van der Waals surface area (Å²) in [6.07, 6.45) is 3.43. The van der Waals surface area contributed by atoms with Crippen molar-refractivity contribution in [3.8, 4) is 12.0 Å². The van der Waals surface area contributed by atoms with E-state index in [0.29, 0.717) is 35.9 Å². The highest BCUT2D eigenvalue weighted by Crippen LogP contribution is 2.39. The molecule has 0 spiro atoms. The number of ether oxygens (including phenoxy) is 2. The lowest BCUT2D eigenvalue weighted by Gasteiger charge is -2.38. The maximum absolute atomic E-state index is 6.01. The third kappa shape index (κ3) is 4.44. The Kier molecular flexibility index (Phi) is 4.85. The minimum Gasteiger partial charge on any atom is -0.464 e. The van der Waals surface area contributed by atoms with E-state index in [9.17, 15) is 0 Å². The molecule has 1 N–H and O–H groups in total. The fraction of sp³-hybridized carbons (Fsp3) is 0.800. The average Bonchev–Trinajstić information content (AvgIpc) is 2.36. The van der Waals surface area contributed by atoms with Crippen molar-refractivity contribution in [2.24, 2.45) is 11.3 Å². The van der Waals surface area contributed by atoms with Crippen LogP contribution in [0.5, 0.6) is 12.0 Å². The second-order valence-electron chi connectivity index (χ2n) is 6.56. The Balaban J connectivity index is 2.12. The summed E-state index contributed by atoms with van der Waals surface area (Å²) < 4.78 is 11.4. The molecular formula is C15H26N4O2. The minimum absolute atomic E-state index is 0.144. The lowest BCUT2D eigenvalue weighted by Crippen LogP contribution is -2.34. The van der Waals surface area contributed by atoms with Gasteiger partial charge in [-0.15, -0.1) is 4.98 Å². The number of rotatable bonds is 5. The van der Waals surface area contributed by atoms with Crippen LogP contribution in [0.2, 0.25) is 0 Å². The van der Waals surface area contributed by atoms with E-state index >= 15 is 0 Å². The molecule has 0 aromatic carbocycles. The first kappa shape index (κ1) is 15.8. The molecule has 0 saturated heterocycles. The zero-order chi connectivity index (χ0) is 15.5. The molecule has 1 aliphatic carbocycles. The van der Waals surface area contributed by atoms with E-state index in [2.05, 4.69) is 41.0 Å². The Morgan fingerprint density at radius 1 is 1.19 bits per heavy atom. The number of nitrogens with one attached hydrogen (secondary N) is 1. The lowest BCUT2D eigenvalue weighted by atomic mass is 9.71. The highest BCUT2D eigenvalue weighted by atomic mass is 16.5. The monoisotopic (exact) mass is 294 g/mol. The van der Waals surface area contributed by atoms with Gasteiger partial charge in [0, 0.05) is 7.05 Å². The van der Waals surface area contributed by atoms with E-state index in [1.165, 1.54) is 6.42 Å². The minimum atomic E-state index is 0.144. The van der Waals surface area contributed by atoms with Gasteiger partial charge in [0.05, 0.1) is 6.61 Å². The van der Waals surface area contributed by atoms with Gasteiger partial charge in [-0.1, -0.05) is 20.8 Å². The third-order valence-electron chi connectivity index (χ3n) is 3.71. The zero-order valence-electron chi connectivity index (χ0n) is 13.6. The molecule has 1 aliphatic rings. The van der Waals surface area contributed by atoms with Crippen LogP contribution >= 0.6 is 0 Å². The summed E-state index contributed by atoms with van der Waals surface area (Å²) in [4.78, 5) is 12.6. The highest BCUT2D eigenvalue weighted by Gasteiger charge is 2.33. The van der Waals surface area contributed by atoms with Crippen LogP contribution in [0.3, 0.4) is 0 Å². The molecule has 0 amide bonds. The molecule has 1 aromatic rings. The van der Waals surface area contributed by atoms with Crippen LogP contribution in [0.1, 0.15) is 47.0 Å². The fourth-order valence-electron chi connectivity index (χ4n) is 3.19. The molecule has 0 bridgehead atoms. The van der Waals surface area contributed by atoms with Gasteiger partial charge < -0.3 is 14.8 Å². The Hall–Kier alpha value is -1.59. The quantitative estimate of drug-likeness (QED) is 0.900. The maximum Gasteiger partial charge on any atom is 0.324 e. The smallest absolute Gasteiger partial charge is 0.324 e. The van der Waals surface area contributed by atoms with Gasteiger partial charge in [0.25, 0.3) is 0 Å². The molecule has 1 saturated carbocycles. The Bertz CT molecular complexity index is 479. The SMILES string of the molecule is CCOc1nc(NC)nc(OC2CC(C)CC(C)(C)C2)n1. The van der Waals surface area contributed by atoms with Gasteiger partial charge in [-0.05, 0) is 37.5 Å². The van der Waals surface area contributed by atoms with Crippen molar-refractivity contribution in [2.45, 2.75) is 53.1 Å². The van der Waals surface area contributed by atoms with Crippen LogP contribution in [0.25, 0.3) is 0 Å². The standard InChI is InChI=1S/C15H26N4O2/c1-6-20-13-17-12(16-5)18-14(19-13)21-11-7-10(2)8-15(3,4)9-11/h10-11H,6-9H2,1-5H3,(H,16,17,18,19). The molecule has 1 fully saturated rings. The molecule has 6 heteroatoms. The van der Waals surface area contributed by atoms with Crippen LogP contribution in [-0.2, 0) is 0 Å². The van der Waals surface area contributed by atoms with Crippen molar-refractivity contribution in [1.29, 1.82) is 0 Å². The van der Waals surface area contributed by atoms with Gasteiger partial charge in [-0.3, -0.25) is 0 Å². The summed E-state index contributed by atoms with van der Waals surface area (Å²) in [6.45, 7) is 9.26. The molecule has 0 radical (unpaired) electrons. The Morgan fingerprint density at radius 3 is 2.52 bits per heavy atom. The largest absolute Gasteiger partial charge is 0.464 e. The van der Waals surface area contributed by atoms with Gasteiger partial charge in [0.15, 0.2) is 0 Å². The van der Waals surface area contributed by atoms with Crippen LogP contribution in [0.15, 0.2) is 0 Å². The predicted octanol–water partition coefficient (Wildman–Crippen LogP) is 2.91. The predicted molar refractivity (Wildman–Crippen MR) is 81.8 cm³/mol. The Morgan fingerprint density at radius 2 is 1.90 bits per heavy atom. The molecule has 6 nitrogen and oxygen atoms in total. The summed E-state index contributed by atoms with van der Waals surface area (Å²) in [5, 5.41) is 2.91. The average molecular weight is 294 g/mol. The molecule has 1 heterocycles. The van der Waals surface area contributed by atoms with Crippen molar-refractivity contribution in [3.63, 3.8) is 0 Å². The van der Waals surface area contributed by atoms with E-state index in [-0.39, 0.29) is 6.10 Å². The van der Waals surface area contributed by atoms with Gasteiger partial charge >= 0.3 is 12.0 Å². The van der Waals surface area contributed by atoms with Crippen molar-refractivity contribution >= 4 is 5.95 Å². The molecular weight excluding hydrogens is 268 g/mol. The molecule has 2 rings (SSSR count). The van der Waals surface area contributed by atoms with E-state index in [1.54, 1.807) is 7.05 Å². The normalized spacial score (nSPS) is 24.4. The van der Waals surface area contributed by atoms with Crippen LogP contribution in [0, 0.1) is 11.3 Å². The van der Waals surface area contributed by atoms with Crippen molar-refractivity contribution in [1.82, 2.24) is 15.0 Å². The first-order valence-corrected chi connectivity index (χ1v) is 7.65. The highest BCUT2D eigenvalue weighted by molar-refractivity contribution is 5.26. The summed E-state index contributed by atoms with van der Waals surface area (Å²) in [7, 11) is 1.76. The molecule has 0 aliphatic heterocycles. The van der Waals surface area contributed by atoms with Crippen molar-refractivity contribution < 1.29 is 9.47 Å². The summed E-state index contributed by atoms with van der Waals surface area (Å²) in [6, 6.07) is 0.641. The number of aromatic nitrogens is 3. The van der Waals surface area contributed by atoms with Crippen LogP contribution in [0.4, 0.5) is 5.95 Å². The zero-order valence-corrected chi connectivity index (χ0v) is 13.6. The van der Waals surface area contributed by atoms with E-state index < -0.39 is 0 Å². The second-order valence-corrected chi connectivity index (χ2v) is 6.56. The van der Waals surface area contributed by atoms with E-state index in [0.717, 1.165) is 12.8 Å². The molecule has 2 atom stereocenters. The number of nitrogens with zero attached hydrogens (tertiary/aromatic N) is 3.